The first-order valence-corrected chi connectivity index (χ1v) is 6.38. The maximum atomic E-state index is 10.4. The summed E-state index contributed by atoms with van der Waals surface area (Å²) in [6.45, 7) is 6.41. The highest BCUT2D eigenvalue weighted by Gasteiger charge is 2.22. The summed E-state index contributed by atoms with van der Waals surface area (Å²) in [7, 11) is 1.71. The Bertz CT molecular complexity index is 557. The van der Waals surface area contributed by atoms with Crippen LogP contribution in [0.2, 0.25) is 0 Å². The molecule has 2 rings (SSSR count). The van der Waals surface area contributed by atoms with Crippen molar-refractivity contribution in [2.24, 2.45) is 7.05 Å². The van der Waals surface area contributed by atoms with E-state index in [1.807, 2.05) is 18.2 Å². The van der Waals surface area contributed by atoms with Crippen LogP contribution in [0.3, 0.4) is 0 Å². The predicted molar refractivity (Wildman–Crippen MR) is 72.6 cm³/mol. The van der Waals surface area contributed by atoms with E-state index in [0.29, 0.717) is 12.2 Å². The molecule has 102 valence electrons. The van der Waals surface area contributed by atoms with Crippen LogP contribution in [0.15, 0.2) is 24.3 Å². The minimum Gasteiger partial charge on any atom is -0.388 e. The van der Waals surface area contributed by atoms with Crippen LogP contribution in [0, 0.1) is 0 Å². The molecule has 1 heterocycles. The van der Waals surface area contributed by atoms with Gasteiger partial charge in [0.05, 0.1) is 13.2 Å². The Balaban J connectivity index is 2.26. The number of hydrogen-bond acceptors (Lipinski definition) is 4. The molecule has 19 heavy (non-hydrogen) atoms. The lowest BCUT2D eigenvalue weighted by Crippen LogP contribution is -2.17. The number of nitrogens with zero attached hydrogens (tertiary/aromatic N) is 4. The first kappa shape index (κ1) is 13.7. The molecule has 0 aliphatic rings. The molecule has 1 unspecified atom stereocenters. The highest BCUT2D eigenvalue weighted by molar-refractivity contribution is 5.34. The van der Waals surface area contributed by atoms with Crippen LogP contribution in [-0.2, 0) is 18.9 Å². The molecule has 0 saturated carbocycles. The molecule has 0 saturated heterocycles. The van der Waals surface area contributed by atoms with Gasteiger partial charge in [-0.15, -0.1) is 10.2 Å². The van der Waals surface area contributed by atoms with Crippen molar-refractivity contribution in [2.45, 2.75) is 38.7 Å². The molecule has 1 aromatic carbocycles. The van der Waals surface area contributed by atoms with Crippen molar-refractivity contribution < 1.29 is 5.11 Å². The average molecular weight is 260 g/mol. The zero-order valence-corrected chi connectivity index (χ0v) is 11.8. The van der Waals surface area contributed by atoms with Crippen molar-refractivity contribution in [3.05, 3.63) is 41.2 Å². The molecule has 0 amide bonds. The van der Waals surface area contributed by atoms with Gasteiger partial charge in [0.15, 0.2) is 5.82 Å². The van der Waals surface area contributed by atoms with Crippen molar-refractivity contribution in [2.75, 3.05) is 0 Å². The van der Waals surface area contributed by atoms with Crippen molar-refractivity contribution in [3.8, 4) is 0 Å². The van der Waals surface area contributed by atoms with Crippen molar-refractivity contribution in [3.63, 3.8) is 0 Å². The van der Waals surface area contributed by atoms with E-state index >= 15 is 0 Å². The van der Waals surface area contributed by atoms with Crippen molar-refractivity contribution >= 4 is 0 Å². The Morgan fingerprint density at radius 1 is 1.26 bits per heavy atom. The normalized spacial score (nSPS) is 13.5. The first-order valence-electron chi connectivity index (χ1n) is 6.38. The van der Waals surface area contributed by atoms with E-state index in [2.05, 4.69) is 42.2 Å². The molecular weight excluding hydrogens is 240 g/mol. The second-order valence-electron chi connectivity index (χ2n) is 5.75. The number of aliphatic hydroxyl groups is 1. The molecule has 0 aliphatic heterocycles. The molecule has 0 radical (unpaired) electrons. The lowest BCUT2D eigenvalue weighted by atomic mass is 9.82. The summed E-state index contributed by atoms with van der Waals surface area (Å²) in [5, 5.41) is 22.2. The average Bonchev–Trinajstić information content (AvgIpc) is 2.73. The van der Waals surface area contributed by atoms with Crippen molar-refractivity contribution in [1.29, 1.82) is 0 Å². The molecule has 0 bridgehead atoms. The predicted octanol–water partition coefficient (Wildman–Crippen LogP) is 1.78. The summed E-state index contributed by atoms with van der Waals surface area (Å²) in [5.41, 5.74) is 2.07. The highest BCUT2D eigenvalue weighted by atomic mass is 16.3. The van der Waals surface area contributed by atoms with Crippen LogP contribution in [0.5, 0.6) is 0 Å². The van der Waals surface area contributed by atoms with Crippen LogP contribution in [0.1, 0.15) is 43.8 Å². The SMILES string of the molecule is Cn1nnc(CC(O)c2ccccc2C(C)(C)C)n1. The Morgan fingerprint density at radius 2 is 1.95 bits per heavy atom. The van der Waals surface area contributed by atoms with E-state index in [4.69, 9.17) is 0 Å². The fraction of sp³-hybridized carbons (Fsp3) is 0.500. The third kappa shape index (κ3) is 3.17. The summed E-state index contributed by atoms with van der Waals surface area (Å²) < 4.78 is 0. The molecule has 5 nitrogen and oxygen atoms in total. The standard InChI is InChI=1S/C14H20N4O/c1-14(2,3)11-8-6-5-7-10(11)12(19)9-13-15-17-18(4)16-13/h5-8,12,19H,9H2,1-4H3. The van der Waals surface area contributed by atoms with Gasteiger partial charge in [-0.2, -0.15) is 4.80 Å². The molecule has 0 fully saturated rings. The zero-order valence-electron chi connectivity index (χ0n) is 11.8. The maximum absolute atomic E-state index is 10.4. The fourth-order valence-corrected chi connectivity index (χ4v) is 2.16. The van der Waals surface area contributed by atoms with Crippen LogP contribution >= 0.6 is 0 Å². The largest absolute Gasteiger partial charge is 0.388 e. The monoisotopic (exact) mass is 260 g/mol. The first-order chi connectivity index (χ1) is 8.88. The smallest absolute Gasteiger partial charge is 0.177 e. The summed E-state index contributed by atoms with van der Waals surface area (Å²) in [6.07, 6.45) is -0.236. The second kappa shape index (κ2) is 5.09. The third-order valence-electron chi connectivity index (χ3n) is 3.05. The minimum atomic E-state index is -0.611. The lowest BCUT2D eigenvalue weighted by Gasteiger charge is -2.24. The quantitative estimate of drug-likeness (QED) is 0.913. The number of rotatable bonds is 3. The number of aliphatic hydroxyl groups excluding tert-OH is 1. The van der Waals surface area contributed by atoms with Gasteiger partial charge >= 0.3 is 0 Å². The third-order valence-corrected chi connectivity index (χ3v) is 3.05. The molecule has 0 spiro atoms. The van der Waals surface area contributed by atoms with Crippen molar-refractivity contribution in [1.82, 2.24) is 20.2 Å². The zero-order chi connectivity index (χ0) is 14.0. The Morgan fingerprint density at radius 3 is 2.53 bits per heavy atom. The number of hydrogen-bond donors (Lipinski definition) is 1. The van der Waals surface area contributed by atoms with Gasteiger partial charge in [0.2, 0.25) is 0 Å². The number of tetrazole rings is 1. The van der Waals surface area contributed by atoms with E-state index in [-0.39, 0.29) is 5.41 Å². The van der Waals surface area contributed by atoms with Gasteiger partial charge < -0.3 is 5.11 Å². The topological polar surface area (TPSA) is 63.8 Å². The minimum absolute atomic E-state index is 0.00658. The van der Waals surface area contributed by atoms with Gasteiger partial charge in [0.1, 0.15) is 0 Å². The van der Waals surface area contributed by atoms with Crippen LogP contribution in [0.25, 0.3) is 0 Å². The molecule has 1 N–H and O–H groups in total. The summed E-state index contributed by atoms with van der Waals surface area (Å²) in [4.78, 5) is 1.40. The highest BCUT2D eigenvalue weighted by Crippen LogP contribution is 2.30. The lowest BCUT2D eigenvalue weighted by molar-refractivity contribution is 0.173. The second-order valence-corrected chi connectivity index (χ2v) is 5.75. The molecule has 1 atom stereocenters. The van der Waals surface area contributed by atoms with Crippen LogP contribution in [-0.4, -0.2) is 25.3 Å². The van der Waals surface area contributed by atoms with Gasteiger partial charge in [0, 0.05) is 6.42 Å². The molecule has 1 aromatic heterocycles. The maximum Gasteiger partial charge on any atom is 0.177 e. The van der Waals surface area contributed by atoms with Gasteiger partial charge in [0.25, 0.3) is 0 Å². The van der Waals surface area contributed by atoms with Crippen LogP contribution < -0.4 is 0 Å². The van der Waals surface area contributed by atoms with E-state index in [1.54, 1.807) is 7.05 Å². The summed E-state index contributed by atoms with van der Waals surface area (Å²) in [6, 6.07) is 7.96. The van der Waals surface area contributed by atoms with Gasteiger partial charge in [-0.05, 0) is 21.8 Å². The van der Waals surface area contributed by atoms with E-state index in [1.165, 1.54) is 4.80 Å². The van der Waals surface area contributed by atoms with E-state index in [0.717, 1.165) is 11.1 Å². The van der Waals surface area contributed by atoms with Gasteiger partial charge in [-0.3, -0.25) is 0 Å². The Kier molecular flexibility index (Phi) is 3.66. The fourth-order valence-electron chi connectivity index (χ4n) is 2.16. The van der Waals surface area contributed by atoms with Crippen LogP contribution in [0.4, 0.5) is 0 Å². The summed E-state index contributed by atoms with van der Waals surface area (Å²) in [5.74, 6) is 0.554. The number of aryl methyl sites for hydroxylation is 1. The molecular formula is C14H20N4O. The molecule has 5 heteroatoms. The number of aromatic nitrogens is 4. The van der Waals surface area contributed by atoms with Gasteiger partial charge in [-0.25, -0.2) is 0 Å². The number of benzene rings is 1. The summed E-state index contributed by atoms with van der Waals surface area (Å²) >= 11 is 0. The van der Waals surface area contributed by atoms with E-state index < -0.39 is 6.10 Å². The Hall–Kier alpha value is -1.75. The molecule has 0 aliphatic carbocycles. The molecule has 2 aromatic rings. The van der Waals surface area contributed by atoms with E-state index in [9.17, 15) is 5.11 Å². The van der Waals surface area contributed by atoms with Gasteiger partial charge in [-0.1, -0.05) is 45.0 Å². The Labute approximate surface area is 113 Å².